The number of nitrogens with one attached hydrogen (secondary N) is 3. The fourth-order valence-corrected chi connectivity index (χ4v) is 3.82. The van der Waals surface area contributed by atoms with Crippen molar-refractivity contribution in [1.82, 2.24) is 9.71 Å². The van der Waals surface area contributed by atoms with Crippen LogP contribution in [0.2, 0.25) is 0 Å². The van der Waals surface area contributed by atoms with E-state index < -0.39 is 10.0 Å². The van der Waals surface area contributed by atoms with Crippen molar-refractivity contribution in [3.63, 3.8) is 0 Å². The zero-order valence-corrected chi connectivity index (χ0v) is 15.4. The molecule has 8 heteroatoms. The normalized spacial score (nSPS) is 13.8. The number of anilines is 2. The van der Waals surface area contributed by atoms with Crippen LogP contribution in [0.4, 0.5) is 11.5 Å². The Kier molecular flexibility index (Phi) is 5.53. The molecular formula is C18H22N4O3S. The molecule has 0 aliphatic carbocycles. The third-order valence-corrected chi connectivity index (χ3v) is 5.60. The van der Waals surface area contributed by atoms with Gasteiger partial charge in [-0.05, 0) is 55.2 Å². The Morgan fingerprint density at radius 3 is 2.77 bits per heavy atom. The van der Waals surface area contributed by atoms with Crippen LogP contribution in [0.5, 0.6) is 0 Å². The zero-order chi connectivity index (χ0) is 18.6. The lowest BCUT2D eigenvalue weighted by Gasteiger charge is -2.17. The summed E-state index contributed by atoms with van der Waals surface area (Å²) in [6, 6.07) is 8.65. The van der Waals surface area contributed by atoms with E-state index in [0.717, 1.165) is 16.9 Å². The maximum atomic E-state index is 12.4. The molecule has 1 aromatic carbocycles. The van der Waals surface area contributed by atoms with Crippen LogP contribution in [0.15, 0.2) is 41.4 Å². The summed E-state index contributed by atoms with van der Waals surface area (Å²) in [5, 5.41) is 5.91. The van der Waals surface area contributed by atoms with Crippen molar-refractivity contribution in [3.05, 3.63) is 47.7 Å². The summed E-state index contributed by atoms with van der Waals surface area (Å²) in [4.78, 5) is 15.8. The molecule has 7 nitrogen and oxygen atoms in total. The van der Waals surface area contributed by atoms with Crippen LogP contribution in [-0.4, -0.2) is 32.4 Å². The van der Waals surface area contributed by atoms with Crippen LogP contribution in [-0.2, 0) is 21.2 Å². The second-order valence-corrected chi connectivity index (χ2v) is 8.03. The van der Waals surface area contributed by atoms with Gasteiger partial charge in [0.05, 0.1) is 4.90 Å². The van der Waals surface area contributed by atoms with E-state index in [1.165, 1.54) is 6.07 Å². The number of nitrogens with zero attached hydrogens (tertiary/aromatic N) is 1. The van der Waals surface area contributed by atoms with Crippen molar-refractivity contribution in [2.75, 3.05) is 23.7 Å². The fraction of sp³-hybridized carbons (Fsp3) is 0.333. The van der Waals surface area contributed by atoms with E-state index in [1.54, 1.807) is 18.3 Å². The van der Waals surface area contributed by atoms with Gasteiger partial charge in [-0.15, -0.1) is 0 Å². The van der Waals surface area contributed by atoms with Crippen LogP contribution in [0.3, 0.4) is 0 Å². The highest BCUT2D eigenvalue weighted by Crippen LogP contribution is 2.25. The molecule has 3 N–H and O–H groups in total. The molecule has 2 aromatic rings. The molecule has 1 aromatic heterocycles. The van der Waals surface area contributed by atoms with E-state index in [-0.39, 0.29) is 10.8 Å². The fourth-order valence-electron chi connectivity index (χ4n) is 2.69. The highest BCUT2D eigenvalue weighted by atomic mass is 32.2. The Morgan fingerprint density at radius 1 is 1.15 bits per heavy atom. The molecule has 26 heavy (non-hydrogen) atoms. The lowest BCUT2D eigenvalue weighted by Crippen LogP contribution is -2.27. The van der Waals surface area contributed by atoms with Gasteiger partial charge in [0.1, 0.15) is 5.82 Å². The first-order chi connectivity index (χ1) is 12.4. The first kappa shape index (κ1) is 18.3. The SMILES string of the molecule is Cc1ccc(NCCCNS(=O)(=O)c2ccc3c(c2)CCC(=O)N3)nc1. The van der Waals surface area contributed by atoms with Crippen molar-refractivity contribution < 1.29 is 13.2 Å². The number of benzene rings is 1. The molecule has 3 rings (SSSR count). The highest BCUT2D eigenvalue weighted by Gasteiger charge is 2.19. The summed E-state index contributed by atoms with van der Waals surface area (Å²) in [7, 11) is -3.56. The van der Waals surface area contributed by atoms with Crippen LogP contribution in [0, 0.1) is 6.92 Å². The van der Waals surface area contributed by atoms with E-state index in [4.69, 9.17) is 0 Å². The van der Waals surface area contributed by atoms with Gasteiger partial charge in [0.15, 0.2) is 0 Å². The Balaban J connectivity index is 1.51. The average Bonchev–Trinajstić information content (AvgIpc) is 2.62. The summed E-state index contributed by atoms with van der Waals surface area (Å²) in [6.07, 6.45) is 3.35. The molecule has 0 fully saturated rings. The molecule has 0 saturated heterocycles. The second kappa shape index (κ2) is 7.84. The standard InChI is InChI=1S/C18H22N4O3S/c1-13-3-7-17(20-12-13)19-9-2-10-21-26(24,25)15-5-6-16-14(11-15)4-8-18(23)22-16/h3,5-7,11-12,21H,2,4,8-10H2,1H3,(H,19,20)(H,22,23). The topological polar surface area (TPSA) is 100 Å². The summed E-state index contributed by atoms with van der Waals surface area (Å²) in [5.74, 6) is 0.733. The number of carbonyl (C=O) groups excluding carboxylic acids is 1. The van der Waals surface area contributed by atoms with E-state index in [9.17, 15) is 13.2 Å². The second-order valence-electron chi connectivity index (χ2n) is 6.27. The van der Waals surface area contributed by atoms with Crippen LogP contribution < -0.4 is 15.4 Å². The van der Waals surface area contributed by atoms with E-state index in [0.29, 0.717) is 38.0 Å². The van der Waals surface area contributed by atoms with Crippen LogP contribution >= 0.6 is 0 Å². The van der Waals surface area contributed by atoms with Crippen molar-refractivity contribution in [3.8, 4) is 0 Å². The molecule has 0 unspecified atom stereocenters. The van der Waals surface area contributed by atoms with Gasteiger partial charge < -0.3 is 10.6 Å². The number of amides is 1. The van der Waals surface area contributed by atoms with Gasteiger partial charge in [0.25, 0.3) is 0 Å². The predicted octanol–water partition coefficient (Wildman–Crippen LogP) is 2.06. The average molecular weight is 374 g/mol. The summed E-state index contributed by atoms with van der Waals surface area (Å²) in [5.41, 5.74) is 2.63. The molecule has 138 valence electrons. The number of pyridine rings is 1. The number of hydrogen-bond acceptors (Lipinski definition) is 5. The van der Waals surface area contributed by atoms with Crippen LogP contribution in [0.1, 0.15) is 24.0 Å². The molecule has 1 aliphatic heterocycles. The number of aryl methyl sites for hydroxylation is 2. The van der Waals surface area contributed by atoms with Crippen molar-refractivity contribution >= 4 is 27.4 Å². The van der Waals surface area contributed by atoms with Gasteiger partial charge in [-0.25, -0.2) is 18.1 Å². The lowest BCUT2D eigenvalue weighted by molar-refractivity contribution is -0.116. The van der Waals surface area contributed by atoms with Gasteiger partial charge in [0, 0.05) is 31.4 Å². The third kappa shape index (κ3) is 4.59. The minimum absolute atomic E-state index is 0.0400. The molecule has 0 bridgehead atoms. The van der Waals surface area contributed by atoms with E-state index >= 15 is 0 Å². The first-order valence-corrected chi connectivity index (χ1v) is 10.0. The number of aromatic nitrogens is 1. The van der Waals surface area contributed by atoms with Gasteiger partial charge in [-0.3, -0.25) is 4.79 Å². The minimum Gasteiger partial charge on any atom is -0.370 e. The lowest BCUT2D eigenvalue weighted by atomic mass is 10.0. The monoisotopic (exact) mass is 374 g/mol. The Bertz CT molecular complexity index is 895. The van der Waals surface area contributed by atoms with Gasteiger partial charge in [0.2, 0.25) is 15.9 Å². The molecule has 0 atom stereocenters. The van der Waals surface area contributed by atoms with Crippen molar-refractivity contribution in [2.24, 2.45) is 0 Å². The summed E-state index contributed by atoms with van der Waals surface area (Å²) in [6.45, 7) is 2.92. The number of sulfonamides is 1. The first-order valence-electron chi connectivity index (χ1n) is 8.53. The maximum Gasteiger partial charge on any atom is 0.240 e. The molecule has 1 aliphatic rings. The van der Waals surface area contributed by atoms with E-state index in [2.05, 4.69) is 20.3 Å². The summed E-state index contributed by atoms with van der Waals surface area (Å²) < 4.78 is 27.5. The largest absolute Gasteiger partial charge is 0.370 e. The molecule has 0 saturated carbocycles. The minimum atomic E-state index is -3.56. The number of rotatable bonds is 7. The van der Waals surface area contributed by atoms with Gasteiger partial charge in [-0.1, -0.05) is 6.07 Å². The molecule has 2 heterocycles. The Labute approximate surface area is 153 Å². The molecular weight excluding hydrogens is 352 g/mol. The molecule has 0 radical (unpaired) electrons. The van der Waals surface area contributed by atoms with Crippen molar-refractivity contribution in [1.29, 1.82) is 0 Å². The summed E-state index contributed by atoms with van der Waals surface area (Å²) >= 11 is 0. The van der Waals surface area contributed by atoms with E-state index in [1.807, 2.05) is 19.1 Å². The van der Waals surface area contributed by atoms with Crippen LogP contribution in [0.25, 0.3) is 0 Å². The quantitative estimate of drug-likeness (QED) is 0.644. The maximum absolute atomic E-state index is 12.4. The smallest absolute Gasteiger partial charge is 0.240 e. The predicted molar refractivity (Wildman–Crippen MR) is 101 cm³/mol. The zero-order valence-electron chi connectivity index (χ0n) is 14.6. The Hall–Kier alpha value is -2.45. The third-order valence-electron chi connectivity index (χ3n) is 4.15. The number of hydrogen-bond donors (Lipinski definition) is 3. The van der Waals surface area contributed by atoms with Gasteiger partial charge >= 0.3 is 0 Å². The van der Waals surface area contributed by atoms with Crippen molar-refractivity contribution in [2.45, 2.75) is 31.1 Å². The molecule has 0 spiro atoms. The number of carbonyl (C=O) groups is 1. The van der Waals surface area contributed by atoms with Gasteiger partial charge in [-0.2, -0.15) is 0 Å². The number of fused-ring (bicyclic) bond motifs is 1. The highest BCUT2D eigenvalue weighted by molar-refractivity contribution is 7.89. The molecule has 1 amide bonds. The Morgan fingerprint density at radius 2 is 2.00 bits per heavy atom.